The molecule has 1 unspecified atom stereocenters. The number of carbonyl (C=O) groups excluding carboxylic acids is 2. The predicted octanol–water partition coefficient (Wildman–Crippen LogP) is 1.40. The molecule has 0 aliphatic carbocycles. The third-order valence-corrected chi connectivity index (χ3v) is 2.52. The van der Waals surface area contributed by atoms with Gasteiger partial charge in [0, 0.05) is 19.6 Å². The molecule has 0 spiro atoms. The monoisotopic (exact) mass is 208 g/mol. The van der Waals surface area contributed by atoms with E-state index in [1.165, 1.54) is 7.05 Å². The Hall–Kier alpha value is -1.58. The molecule has 0 fully saturated rings. The zero-order chi connectivity index (χ0) is 11.4. The lowest BCUT2D eigenvalue weighted by Gasteiger charge is -2.32. The van der Waals surface area contributed by atoms with Gasteiger partial charge in [0.15, 0.2) is 0 Å². The molecular formula is C11H16N2O2. The molecule has 82 valence electrons. The van der Waals surface area contributed by atoms with E-state index in [0.717, 1.165) is 17.4 Å². The van der Waals surface area contributed by atoms with E-state index in [-0.39, 0.29) is 18.0 Å². The zero-order valence-corrected chi connectivity index (χ0v) is 9.14. The quantitative estimate of drug-likeness (QED) is 0.483. The summed E-state index contributed by atoms with van der Waals surface area (Å²) < 4.78 is 0. The third kappa shape index (κ3) is 2.46. The third-order valence-electron chi connectivity index (χ3n) is 2.52. The molecule has 1 atom stereocenters. The van der Waals surface area contributed by atoms with Crippen LogP contribution in [0.4, 0.5) is 4.79 Å². The minimum absolute atomic E-state index is 0.141. The highest BCUT2D eigenvalue weighted by molar-refractivity contribution is 5.99. The summed E-state index contributed by atoms with van der Waals surface area (Å²) in [6, 6.07) is -0.126. The van der Waals surface area contributed by atoms with Crippen LogP contribution < -0.4 is 0 Å². The standard InChI is InChI=1S/C11H16N2O2/c1-4-10(14)12(3)11(15)13-8-6-5-7-9(13)2/h4-6,9H,1,7-8H2,2-3H3. The second-order valence-corrected chi connectivity index (χ2v) is 3.59. The van der Waals surface area contributed by atoms with Gasteiger partial charge in [-0.05, 0) is 19.4 Å². The highest BCUT2D eigenvalue weighted by Gasteiger charge is 2.25. The molecule has 4 nitrogen and oxygen atoms in total. The molecule has 0 saturated carbocycles. The second kappa shape index (κ2) is 4.77. The van der Waals surface area contributed by atoms with E-state index in [4.69, 9.17) is 0 Å². The van der Waals surface area contributed by atoms with Gasteiger partial charge in [0.2, 0.25) is 0 Å². The van der Waals surface area contributed by atoms with Crippen LogP contribution in [0, 0.1) is 0 Å². The van der Waals surface area contributed by atoms with Gasteiger partial charge in [-0.15, -0.1) is 0 Å². The van der Waals surface area contributed by atoms with Crippen molar-refractivity contribution in [2.75, 3.05) is 13.6 Å². The largest absolute Gasteiger partial charge is 0.327 e. The van der Waals surface area contributed by atoms with Gasteiger partial charge in [0.25, 0.3) is 5.91 Å². The first-order valence-corrected chi connectivity index (χ1v) is 4.93. The van der Waals surface area contributed by atoms with E-state index in [9.17, 15) is 9.59 Å². The number of rotatable bonds is 1. The summed E-state index contributed by atoms with van der Waals surface area (Å²) in [5, 5.41) is 0. The number of amides is 3. The van der Waals surface area contributed by atoms with Crippen LogP contribution in [0.15, 0.2) is 24.8 Å². The van der Waals surface area contributed by atoms with Gasteiger partial charge in [0.05, 0.1) is 0 Å². The van der Waals surface area contributed by atoms with Crippen LogP contribution in [0.3, 0.4) is 0 Å². The Kier molecular flexibility index (Phi) is 3.66. The summed E-state index contributed by atoms with van der Waals surface area (Å²) in [5.74, 6) is -0.373. The summed E-state index contributed by atoms with van der Waals surface area (Å²) in [7, 11) is 1.47. The van der Waals surface area contributed by atoms with Crippen LogP contribution >= 0.6 is 0 Å². The number of likely N-dealkylation sites (N-methyl/N-ethyl adjacent to an activating group) is 1. The fourth-order valence-corrected chi connectivity index (χ4v) is 1.48. The first-order chi connectivity index (χ1) is 7.07. The molecule has 0 N–H and O–H groups in total. The second-order valence-electron chi connectivity index (χ2n) is 3.59. The molecule has 1 heterocycles. The minimum atomic E-state index is -0.373. The zero-order valence-electron chi connectivity index (χ0n) is 9.14. The number of hydrogen-bond donors (Lipinski definition) is 0. The fourth-order valence-electron chi connectivity index (χ4n) is 1.48. The molecule has 0 saturated heterocycles. The van der Waals surface area contributed by atoms with Gasteiger partial charge in [-0.3, -0.25) is 9.69 Å². The van der Waals surface area contributed by atoms with Crippen LogP contribution in [0.1, 0.15) is 13.3 Å². The lowest BCUT2D eigenvalue weighted by molar-refractivity contribution is -0.122. The Balaban J connectivity index is 2.71. The van der Waals surface area contributed by atoms with E-state index in [1.54, 1.807) is 4.90 Å². The molecule has 1 aliphatic rings. The molecule has 0 bridgehead atoms. The average Bonchev–Trinajstić information content (AvgIpc) is 2.26. The maximum atomic E-state index is 11.9. The molecule has 4 heteroatoms. The summed E-state index contributed by atoms with van der Waals surface area (Å²) in [5.41, 5.74) is 0. The Morgan fingerprint density at radius 1 is 1.53 bits per heavy atom. The Labute approximate surface area is 89.8 Å². The first-order valence-electron chi connectivity index (χ1n) is 4.93. The maximum Gasteiger partial charge on any atom is 0.327 e. The van der Waals surface area contributed by atoms with Crippen molar-refractivity contribution in [1.29, 1.82) is 0 Å². The van der Waals surface area contributed by atoms with E-state index in [0.29, 0.717) is 6.54 Å². The maximum absolute atomic E-state index is 11.9. The van der Waals surface area contributed by atoms with Gasteiger partial charge < -0.3 is 4.90 Å². The lowest BCUT2D eigenvalue weighted by Crippen LogP contribution is -2.48. The lowest BCUT2D eigenvalue weighted by atomic mass is 10.1. The van der Waals surface area contributed by atoms with Crippen LogP contribution in [-0.4, -0.2) is 41.4 Å². The topological polar surface area (TPSA) is 40.6 Å². The van der Waals surface area contributed by atoms with Gasteiger partial charge in [-0.1, -0.05) is 18.7 Å². The van der Waals surface area contributed by atoms with Gasteiger partial charge >= 0.3 is 6.03 Å². The Morgan fingerprint density at radius 3 is 2.73 bits per heavy atom. The molecule has 0 aromatic carbocycles. The predicted molar refractivity (Wildman–Crippen MR) is 58.3 cm³/mol. The summed E-state index contributed by atoms with van der Waals surface area (Å²) in [6.45, 7) is 5.88. The van der Waals surface area contributed by atoms with Crippen molar-refractivity contribution in [1.82, 2.24) is 9.80 Å². The van der Waals surface area contributed by atoms with E-state index in [2.05, 4.69) is 6.58 Å². The minimum Gasteiger partial charge on any atom is -0.318 e. The number of carbonyl (C=O) groups is 2. The van der Waals surface area contributed by atoms with Crippen LogP contribution in [0.2, 0.25) is 0 Å². The summed E-state index contributed by atoms with van der Waals surface area (Å²) >= 11 is 0. The van der Waals surface area contributed by atoms with Crippen molar-refractivity contribution in [2.24, 2.45) is 0 Å². The van der Waals surface area contributed by atoms with Crippen molar-refractivity contribution in [3.63, 3.8) is 0 Å². The molecule has 0 aromatic rings. The molecule has 0 radical (unpaired) electrons. The van der Waals surface area contributed by atoms with Crippen LogP contribution in [0.5, 0.6) is 0 Å². The Bertz CT molecular complexity index is 310. The number of imide groups is 1. The fraction of sp³-hybridized carbons (Fsp3) is 0.455. The molecular weight excluding hydrogens is 192 g/mol. The highest BCUT2D eigenvalue weighted by atomic mass is 16.2. The van der Waals surface area contributed by atoms with Gasteiger partial charge in [-0.25, -0.2) is 4.79 Å². The molecule has 0 aromatic heterocycles. The van der Waals surface area contributed by atoms with E-state index < -0.39 is 0 Å². The number of urea groups is 1. The average molecular weight is 208 g/mol. The molecule has 1 aliphatic heterocycles. The SMILES string of the molecule is C=CC(=O)N(C)C(=O)N1CC=CCC1C. The van der Waals surface area contributed by atoms with Crippen molar-refractivity contribution >= 4 is 11.9 Å². The Morgan fingerprint density at radius 2 is 2.20 bits per heavy atom. The molecule has 3 amide bonds. The van der Waals surface area contributed by atoms with Gasteiger partial charge in [0.1, 0.15) is 0 Å². The number of hydrogen-bond acceptors (Lipinski definition) is 2. The van der Waals surface area contributed by atoms with Crippen molar-refractivity contribution in [2.45, 2.75) is 19.4 Å². The van der Waals surface area contributed by atoms with Gasteiger partial charge in [-0.2, -0.15) is 0 Å². The van der Waals surface area contributed by atoms with E-state index >= 15 is 0 Å². The van der Waals surface area contributed by atoms with Crippen molar-refractivity contribution < 1.29 is 9.59 Å². The molecule has 15 heavy (non-hydrogen) atoms. The first kappa shape index (κ1) is 11.5. The van der Waals surface area contributed by atoms with Crippen LogP contribution in [-0.2, 0) is 4.79 Å². The highest BCUT2D eigenvalue weighted by Crippen LogP contribution is 2.12. The number of nitrogens with zero attached hydrogens (tertiary/aromatic N) is 2. The molecule has 1 rings (SSSR count). The van der Waals surface area contributed by atoms with E-state index in [1.807, 2.05) is 19.1 Å². The summed E-state index contributed by atoms with van der Waals surface area (Å²) in [6.07, 6.45) is 5.96. The smallest absolute Gasteiger partial charge is 0.318 e. The summed E-state index contributed by atoms with van der Waals surface area (Å²) in [4.78, 5) is 25.9. The van der Waals surface area contributed by atoms with Crippen molar-refractivity contribution in [3.8, 4) is 0 Å². The van der Waals surface area contributed by atoms with Crippen LogP contribution in [0.25, 0.3) is 0 Å². The van der Waals surface area contributed by atoms with Crippen molar-refractivity contribution in [3.05, 3.63) is 24.8 Å². The normalized spacial score (nSPS) is 19.9.